The minimum atomic E-state index is -1.02. The summed E-state index contributed by atoms with van der Waals surface area (Å²) in [6.45, 7) is 4.03. The van der Waals surface area contributed by atoms with E-state index in [0.29, 0.717) is 19.1 Å². The molecule has 2 aromatic rings. The van der Waals surface area contributed by atoms with E-state index in [1.54, 1.807) is 0 Å². The lowest BCUT2D eigenvalue weighted by Gasteiger charge is -2.26. The summed E-state index contributed by atoms with van der Waals surface area (Å²) in [6, 6.07) is 17.0. The molecule has 0 unspecified atom stereocenters. The Morgan fingerprint density at radius 3 is 2.61 bits per heavy atom. The maximum atomic E-state index is 12.0. The second-order valence-electron chi connectivity index (χ2n) is 8.90. The van der Waals surface area contributed by atoms with Crippen molar-refractivity contribution >= 4 is 22.6 Å². The molecule has 1 saturated carbocycles. The summed E-state index contributed by atoms with van der Waals surface area (Å²) in [4.78, 5) is 2.25. The standard InChI is InChI=1S/C26H33N2O2S/c1-2-30-24-12-7-6-11-23(24)27-19-26(29,28-17-8-18-31-25(27)28)22-15-13-21(14-16-22)20-9-4-3-5-10-20/h6-7,11-16,20,29H,2-5,8-10,17-19H2,1H3/q+1/t26-/m0/s1. The minimum Gasteiger partial charge on any atom is -0.489 e. The Morgan fingerprint density at radius 2 is 1.84 bits per heavy atom. The lowest BCUT2D eigenvalue weighted by atomic mass is 9.83. The van der Waals surface area contributed by atoms with E-state index in [9.17, 15) is 5.11 Å². The van der Waals surface area contributed by atoms with Gasteiger partial charge in [-0.1, -0.05) is 55.7 Å². The zero-order chi connectivity index (χ0) is 21.3. The van der Waals surface area contributed by atoms with Crippen LogP contribution in [0.25, 0.3) is 0 Å². The maximum Gasteiger partial charge on any atom is 0.316 e. The van der Waals surface area contributed by atoms with Crippen molar-refractivity contribution in [1.82, 2.24) is 0 Å². The van der Waals surface area contributed by atoms with E-state index in [-0.39, 0.29) is 0 Å². The SMILES string of the molecule is CCOc1ccccc1N1C[C@](O)(c2ccc(C3CCCCC3)cc2)[N+]2=C1SCCC2. The van der Waals surface area contributed by atoms with Crippen LogP contribution in [0.1, 0.15) is 62.5 Å². The monoisotopic (exact) mass is 437 g/mol. The number of thioether (sulfide) groups is 1. The second kappa shape index (κ2) is 8.87. The number of amidine groups is 1. The molecule has 31 heavy (non-hydrogen) atoms. The van der Waals surface area contributed by atoms with Crippen LogP contribution in [0.15, 0.2) is 48.5 Å². The summed E-state index contributed by atoms with van der Waals surface area (Å²) in [6.07, 6.45) is 7.73. The molecule has 2 aromatic carbocycles. The first-order valence-electron chi connectivity index (χ1n) is 11.8. The quantitative estimate of drug-likeness (QED) is 0.644. The molecule has 3 aliphatic rings. The fourth-order valence-electron chi connectivity index (χ4n) is 5.35. The Labute approximate surface area is 189 Å². The van der Waals surface area contributed by atoms with Crippen LogP contribution in [0.4, 0.5) is 5.69 Å². The number of hydrogen-bond acceptors (Lipinski definition) is 4. The van der Waals surface area contributed by atoms with E-state index in [0.717, 1.165) is 40.9 Å². The zero-order valence-corrected chi connectivity index (χ0v) is 19.2. The van der Waals surface area contributed by atoms with Crippen molar-refractivity contribution in [3.05, 3.63) is 59.7 Å². The van der Waals surface area contributed by atoms with Gasteiger partial charge in [0.05, 0.1) is 13.2 Å². The van der Waals surface area contributed by atoms with Crippen LogP contribution < -0.4 is 9.64 Å². The summed E-state index contributed by atoms with van der Waals surface area (Å²) in [5.74, 6) is 2.64. The third kappa shape index (κ3) is 3.87. The molecule has 5 rings (SSSR count). The van der Waals surface area contributed by atoms with Crippen LogP contribution in [0.5, 0.6) is 5.75 Å². The average molecular weight is 438 g/mol. The smallest absolute Gasteiger partial charge is 0.316 e. The highest BCUT2D eigenvalue weighted by Crippen LogP contribution is 2.41. The predicted molar refractivity (Wildman–Crippen MR) is 128 cm³/mol. The van der Waals surface area contributed by atoms with E-state index in [2.05, 4.69) is 39.8 Å². The van der Waals surface area contributed by atoms with Crippen LogP contribution in [-0.2, 0) is 5.72 Å². The first-order chi connectivity index (χ1) is 15.2. The first-order valence-corrected chi connectivity index (χ1v) is 12.8. The van der Waals surface area contributed by atoms with Gasteiger partial charge in [-0.15, -0.1) is 0 Å². The number of anilines is 1. The van der Waals surface area contributed by atoms with Gasteiger partial charge in [0.15, 0.2) is 18.0 Å². The summed E-state index contributed by atoms with van der Waals surface area (Å²) >= 11 is 1.84. The van der Waals surface area contributed by atoms with Crippen LogP contribution in [0, 0.1) is 0 Å². The van der Waals surface area contributed by atoms with Crippen molar-refractivity contribution in [1.29, 1.82) is 0 Å². The molecule has 1 fully saturated rings. The number of rotatable bonds is 5. The van der Waals surface area contributed by atoms with Crippen LogP contribution in [0.3, 0.4) is 0 Å². The molecule has 5 heteroatoms. The number of aliphatic hydroxyl groups is 1. The number of ether oxygens (including phenoxy) is 1. The van der Waals surface area contributed by atoms with Crippen LogP contribution in [0.2, 0.25) is 0 Å². The van der Waals surface area contributed by atoms with Gasteiger partial charge < -0.3 is 9.84 Å². The Morgan fingerprint density at radius 1 is 1.06 bits per heavy atom. The minimum absolute atomic E-state index is 0.516. The van der Waals surface area contributed by atoms with E-state index in [1.807, 2.05) is 36.9 Å². The third-order valence-electron chi connectivity index (χ3n) is 6.95. The first kappa shape index (κ1) is 20.9. The lowest BCUT2D eigenvalue weighted by Crippen LogP contribution is -2.41. The van der Waals surface area contributed by atoms with E-state index >= 15 is 0 Å². The largest absolute Gasteiger partial charge is 0.489 e. The normalized spacial score (nSPS) is 24.4. The molecule has 164 valence electrons. The molecular formula is C26H33N2O2S+. The molecule has 0 radical (unpaired) electrons. The van der Waals surface area contributed by atoms with Crippen molar-refractivity contribution in [2.75, 3.05) is 30.3 Å². The van der Waals surface area contributed by atoms with Crippen molar-refractivity contribution < 1.29 is 14.4 Å². The van der Waals surface area contributed by atoms with Gasteiger partial charge in [-0.3, -0.25) is 0 Å². The molecule has 0 amide bonds. The van der Waals surface area contributed by atoms with E-state index in [1.165, 1.54) is 37.7 Å². The van der Waals surface area contributed by atoms with Crippen molar-refractivity contribution in [2.24, 2.45) is 0 Å². The summed E-state index contributed by atoms with van der Waals surface area (Å²) in [5, 5.41) is 13.2. The molecule has 2 aliphatic heterocycles. The van der Waals surface area contributed by atoms with Gasteiger partial charge in [-0.2, -0.15) is 0 Å². The van der Waals surface area contributed by atoms with Crippen molar-refractivity contribution in [3.8, 4) is 5.75 Å². The molecule has 0 aromatic heterocycles. The number of para-hydroxylation sites is 2. The molecule has 0 saturated heterocycles. The van der Waals surface area contributed by atoms with Gasteiger partial charge in [0.25, 0.3) is 5.72 Å². The Balaban J connectivity index is 1.48. The van der Waals surface area contributed by atoms with Gasteiger partial charge in [0.2, 0.25) is 0 Å². The van der Waals surface area contributed by atoms with Gasteiger partial charge in [0, 0.05) is 11.3 Å². The topological polar surface area (TPSA) is 35.7 Å². The molecule has 2 heterocycles. The molecule has 1 aliphatic carbocycles. The van der Waals surface area contributed by atoms with Crippen LogP contribution in [-0.4, -0.2) is 40.3 Å². The van der Waals surface area contributed by atoms with Gasteiger partial charge in [-0.25, -0.2) is 9.48 Å². The van der Waals surface area contributed by atoms with Crippen molar-refractivity contribution in [2.45, 2.75) is 57.1 Å². The number of nitrogens with zero attached hydrogens (tertiary/aromatic N) is 2. The number of benzene rings is 2. The second-order valence-corrected chi connectivity index (χ2v) is 9.96. The molecular weight excluding hydrogens is 404 g/mol. The molecule has 1 atom stereocenters. The number of hydrogen-bond donors (Lipinski definition) is 1. The van der Waals surface area contributed by atoms with Gasteiger partial charge >= 0.3 is 5.17 Å². The average Bonchev–Trinajstić information content (AvgIpc) is 3.14. The highest BCUT2D eigenvalue weighted by atomic mass is 32.2. The fourth-order valence-corrected chi connectivity index (χ4v) is 6.52. The summed E-state index contributed by atoms with van der Waals surface area (Å²) < 4.78 is 8.13. The Bertz CT molecular complexity index is 952. The maximum absolute atomic E-state index is 12.0. The molecule has 0 bridgehead atoms. The van der Waals surface area contributed by atoms with Crippen molar-refractivity contribution in [3.63, 3.8) is 0 Å². The van der Waals surface area contributed by atoms with Gasteiger partial charge in [-0.05, 0) is 61.6 Å². The van der Waals surface area contributed by atoms with Gasteiger partial charge in [0.1, 0.15) is 0 Å². The molecule has 4 nitrogen and oxygen atoms in total. The van der Waals surface area contributed by atoms with E-state index in [4.69, 9.17) is 4.74 Å². The van der Waals surface area contributed by atoms with E-state index < -0.39 is 5.72 Å². The zero-order valence-electron chi connectivity index (χ0n) is 18.4. The lowest BCUT2D eigenvalue weighted by molar-refractivity contribution is -0.656. The predicted octanol–water partition coefficient (Wildman–Crippen LogP) is 5.30. The third-order valence-corrected chi connectivity index (χ3v) is 8.14. The highest BCUT2D eigenvalue weighted by Gasteiger charge is 2.53. The highest BCUT2D eigenvalue weighted by molar-refractivity contribution is 8.13. The molecule has 1 N–H and O–H groups in total. The Hall–Kier alpha value is -1.98. The molecule has 0 spiro atoms. The Kier molecular flexibility index (Phi) is 5.98. The fraction of sp³-hybridized carbons (Fsp3) is 0.500. The summed E-state index contributed by atoms with van der Waals surface area (Å²) in [5.41, 5.74) is 2.44. The number of β-amino-alcohol motifs (C(OH)–C–C–N with tert-alkyl or cyclic N) is 1. The van der Waals surface area contributed by atoms with Crippen LogP contribution >= 0.6 is 11.8 Å². The summed E-state index contributed by atoms with van der Waals surface area (Å²) in [7, 11) is 0.